The summed E-state index contributed by atoms with van der Waals surface area (Å²) in [7, 11) is 0. The topological polar surface area (TPSA) is 30.5 Å². The fourth-order valence-electron chi connectivity index (χ4n) is 1.86. The van der Waals surface area contributed by atoms with E-state index in [0.717, 1.165) is 19.5 Å². The standard InChI is InChI=1S/C10H19NO2/c1-10(2,3)9-12-7-4-5-11-6-8(7)13-9/h7-9,11H,4-6H2,1-3H3. The molecular formula is C10H19NO2. The Kier molecular flexibility index (Phi) is 2.34. The van der Waals surface area contributed by atoms with E-state index in [1.165, 1.54) is 0 Å². The van der Waals surface area contributed by atoms with Gasteiger partial charge in [-0.3, -0.25) is 0 Å². The maximum atomic E-state index is 5.87. The molecule has 13 heavy (non-hydrogen) atoms. The highest BCUT2D eigenvalue weighted by molar-refractivity contribution is 4.87. The first-order valence-corrected chi connectivity index (χ1v) is 5.09. The van der Waals surface area contributed by atoms with Crippen LogP contribution < -0.4 is 5.32 Å². The van der Waals surface area contributed by atoms with Gasteiger partial charge in [-0.25, -0.2) is 0 Å². The van der Waals surface area contributed by atoms with Gasteiger partial charge in [-0.1, -0.05) is 20.8 Å². The molecule has 2 saturated heterocycles. The molecule has 2 aliphatic heterocycles. The van der Waals surface area contributed by atoms with Crippen LogP contribution in [0.5, 0.6) is 0 Å². The van der Waals surface area contributed by atoms with Crippen molar-refractivity contribution in [3.63, 3.8) is 0 Å². The maximum Gasteiger partial charge on any atom is 0.163 e. The molecule has 0 amide bonds. The molecular weight excluding hydrogens is 166 g/mol. The van der Waals surface area contributed by atoms with Crippen LogP contribution in [0.2, 0.25) is 0 Å². The minimum atomic E-state index is -0.0256. The van der Waals surface area contributed by atoms with Crippen LogP contribution in [0.1, 0.15) is 27.2 Å². The summed E-state index contributed by atoms with van der Waals surface area (Å²) in [6.07, 6.45) is 1.66. The first kappa shape index (κ1) is 9.44. The smallest absolute Gasteiger partial charge is 0.163 e. The highest BCUT2D eigenvalue weighted by Crippen LogP contribution is 2.33. The zero-order chi connectivity index (χ0) is 9.47. The van der Waals surface area contributed by atoms with Crippen molar-refractivity contribution in [2.24, 2.45) is 5.41 Å². The Bertz CT molecular complexity index is 174. The van der Waals surface area contributed by atoms with Crippen LogP contribution >= 0.6 is 0 Å². The Hall–Kier alpha value is -0.120. The molecule has 0 aromatic heterocycles. The van der Waals surface area contributed by atoms with Crippen molar-refractivity contribution < 1.29 is 9.47 Å². The van der Waals surface area contributed by atoms with Gasteiger partial charge >= 0.3 is 0 Å². The molecule has 0 aromatic rings. The molecule has 3 nitrogen and oxygen atoms in total. The molecule has 2 rings (SSSR count). The molecule has 0 aliphatic carbocycles. The Morgan fingerprint density at radius 3 is 2.46 bits per heavy atom. The molecule has 2 heterocycles. The number of hydrogen-bond acceptors (Lipinski definition) is 3. The summed E-state index contributed by atoms with van der Waals surface area (Å²) in [4.78, 5) is 0. The van der Waals surface area contributed by atoms with E-state index >= 15 is 0 Å². The van der Waals surface area contributed by atoms with Crippen LogP contribution in [0.4, 0.5) is 0 Å². The van der Waals surface area contributed by atoms with Crippen LogP contribution in [0.3, 0.4) is 0 Å². The second-order valence-corrected chi connectivity index (χ2v) is 5.04. The minimum absolute atomic E-state index is 0.0256. The number of hydrogen-bond donors (Lipinski definition) is 1. The summed E-state index contributed by atoms with van der Waals surface area (Å²) in [5.74, 6) is 0. The van der Waals surface area contributed by atoms with Crippen LogP contribution in [0.15, 0.2) is 0 Å². The molecule has 0 bridgehead atoms. The third-order valence-corrected chi connectivity index (χ3v) is 2.67. The first-order chi connectivity index (χ1) is 6.07. The Balaban J connectivity index is 1.99. The Morgan fingerprint density at radius 1 is 1.15 bits per heavy atom. The van der Waals surface area contributed by atoms with Gasteiger partial charge in [0.15, 0.2) is 6.29 Å². The molecule has 0 saturated carbocycles. The van der Waals surface area contributed by atoms with Crippen molar-refractivity contribution in [3.05, 3.63) is 0 Å². The summed E-state index contributed by atoms with van der Waals surface area (Å²) in [5, 5.41) is 3.32. The van der Waals surface area contributed by atoms with Gasteiger partial charge in [0.25, 0.3) is 0 Å². The summed E-state index contributed by atoms with van der Waals surface area (Å²) in [6, 6.07) is 0. The predicted octanol–water partition coefficient (Wildman–Crippen LogP) is 1.14. The maximum absolute atomic E-state index is 5.87. The molecule has 0 aromatic carbocycles. The van der Waals surface area contributed by atoms with Crippen LogP contribution in [-0.2, 0) is 9.47 Å². The van der Waals surface area contributed by atoms with Gasteiger partial charge in [0.1, 0.15) is 0 Å². The van der Waals surface area contributed by atoms with Crippen molar-refractivity contribution in [2.45, 2.75) is 45.7 Å². The van der Waals surface area contributed by atoms with E-state index < -0.39 is 0 Å². The van der Waals surface area contributed by atoms with Gasteiger partial charge in [-0.15, -0.1) is 0 Å². The van der Waals surface area contributed by atoms with Crippen LogP contribution in [-0.4, -0.2) is 31.6 Å². The molecule has 2 fully saturated rings. The SMILES string of the molecule is CC(C)(C)C1OC2CCNCC2O1. The minimum Gasteiger partial charge on any atom is -0.346 e. The van der Waals surface area contributed by atoms with Crippen LogP contribution in [0.25, 0.3) is 0 Å². The van der Waals surface area contributed by atoms with E-state index in [1.54, 1.807) is 0 Å². The lowest BCUT2D eigenvalue weighted by Crippen LogP contribution is -2.41. The van der Waals surface area contributed by atoms with Crippen LogP contribution in [0, 0.1) is 5.41 Å². The Morgan fingerprint density at radius 2 is 1.85 bits per heavy atom. The molecule has 76 valence electrons. The van der Waals surface area contributed by atoms with Crippen molar-refractivity contribution in [1.29, 1.82) is 0 Å². The van der Waals surface area contributed by atoms with Crippen molar-refractivity contribution in [2.75, 3.05) is 13.1 Å². The molecule has 0 radical (unpaired) electrons. The number of ether oxygens (including phenoxy) is 2. The third kappa shape index (κ3) is 1.87. The monoisotopic (exact) mass is 185 g/mol. The third-order valence-electron chi connectivity index (χ3n) is 2.67. The number of nitrogens with one attached hydrogen (secondary N) is 1. The van der Waals surface area contributed by atoms with E-state index in [2.05, 4.69) is 26.1 Å². The van der Waals surface area contributed by atoms with E-state index in [-0.39, 0.29) is 17.8 Å². The second kappa shape index (κ2) is 3.23. The van der Waals surface area contributed by atoms with Gasteiger partial charge in [-0.05, 0) is 13.0 Å². The van der Waals surface area contributed by atoms with Gasteiger partial charge in [0, 0.05) is 12.0 Å². The Labute approximate surface area is 79.8 Å². The van der Waals surface area contributed by atoms with E-state index in [1.807, 2.05) is 0 Å². The average Bonchev–Trinajstić information content (AvgIpc) is 2.45. The highest BCUT2D eigenvalue weighted by Gasteiger charge is 2.42. The normalized spacial score (nSPS) is 40.4. The summed E-state index contributed by atoms with van der Waals surface area (Å²) < 4.78 is 11.7. The zero-order valence-electron chi connectivity index (χ0n) is 8.67. The molecule has 2 aliphatic rings. The fraction of sp³-hybridized carbons (Fsp3) is 1.00. The quantitative estimate of drug-likeness (QED) is 0.614. The van der Waals surface area contributed by atoms with Crippen molar-refractivity contribution >= 4 is 0 Å². The van der Waals surface area contributed by atoms with Gasteiger partial charge < -0.3 is 14.8 Å². The van der Waals surface area contributed by atoms with Crippen molar-refractivity contribution in [3.8, 4) is 0 Å². The molecule has 1 N–H and O–H groups in total. The zero-order valence-corrected chi connectivity index (χ0v) is 8.67. The van der Waals surface area contributed by atoms with E-state index in [4.69, 9.17) is 9.47 Å². The predicted molar refractivity (Wildman–Crippen MR) is 50.5 cm³/mol. The van der Waals surface area contributed by atoms with Gasteiger partial charge in [0.2, 0.25) is 0 Å². The van der Waals surface area contributed by atoms with Gasteiger partial charge in [-0.2, -0.15) is 0 Å². The lowest BCUT2D eigenvalue weighted by molar-refractivity contribution is -0.129. The summed E-state index contributed by atoms with van der Waals surface area (Å²) >= 11 is 0. The van der Waals surface area contributed by atoms with Crippen molar-refractivity contribution in [1.82, 2.24) is 5.32 Å². The molecule has 3 unspecified atom stereocenters. The molecule has 3 atom stereocenters. The first-order valence-electron chi connectivity index (χ1n) is 5.09. The van der Waals surface area contributed by atoms with Gasteiger partial charge in [0.05, 0.1) is 12.2 Å². The lowest BCUT2D eigenvalue weighted by atomic mass is 9.96. The number of fused-ring (bicyclic) bond motifs is 1. The number of rotatable bonds is 0. The van der Waals surface area contributed by atoms with E-state index in [0.29, 0.717) is 6.10 Å². The highest BCUT2D eigenvalue weighted by atomic mass is 16.7. The molecule has 3 heteroatoms. The average molecular weight is 185 g/mol. The second-order valence-electron chi connectivity index (χ2n) is 5.04. The van der Waals surface area contributed by atoms with E-state index in [9.17, 15) is 0 Å². The number of piperidine rings is 1. The fourth-order valence-corrected chi connectivity index (χ4v) is 1.86. The molecule has 0 spiro atoms. The largest absolute Gasteiger partial charge is 0.346 e. The summed E-state index contributed by atoms with van der Waals surface area (Å²) in [5.41, 5.74) is 0.0946. The summed E-state index contributed by atoms with van der Waals surface area (Å²) in [6.45, 7) is 8.46. The lowest BCUT2D eigenvalue weighted by Gasteiger charge is -2.25.